The van der Waals surface area contributed by atoms with E-state index in [9.17, 15) is 9.59 Å². The van der Waals surface area contributed by atoms with Crippen molar-refractivity contribution in [3.05, 3.63) is 53.1 Å². The maximum absolute atomic E-state index is 12.3. The Labute approximate surface area is 178 Å². The summed E-state index contributed by atoms with van der Waals surface area (Å²) in [6, 6.07) is 11.3. The number of hydrogen-bond donors (Lipinski definition) is 3. The minimum Gasteiger partial charge on any atom is -0.493 e. The Hall–Kier alpha value is -3.59. The molecule has 0 aliphatic carbocycles. The van der Waals surface area contributed by atoms with Gasteiger partial charge in [0.1, 0.15) is 6.04 Å². The van der Waals surface area contributed by atoms with E-state index in [1.165, 1.54) is 20.4 Å². The molecule has 1 aliphatic heterocycles. The maximum atomic E-state index is 12.3. The quantitative estimate of drug-likeness (QED) is 0.461. The molecule has 156 valence electrons. The molecule has 2 aromatic rings. The number of halogens is 1. The molecule has 0 saturated heterocycles. The summed E-state index contributed by atoms with van der Waals surface area (Å²) in [5, 5.41) is 9.81. The highest BCUT2D eigenvalue weighted by Gasteiger charge is 2.28. The average Bonchev–Trinajstić information content (AvgIpc) is 3.08. The first-order valence-electron chi connectivity index (χ1n) is 8.94. The molecule has 0 radical (unpaired) electrons. The van der Waals surface area contributed by atoms with Crippen molar-refractivity contribution in [2.24, 2.45) is 10.1 Å². The van der Waals surface area contributed by atoms with Crippen molar-refractivity contribution >= 4 is 41.3 Å². The number of amides is 2. The standard InChI is InChI=1S/C20H20ClN5O4/c1-29-16-8-7-13(9-17(16)30-2)23-18(27)10-15-19(28)25-20(24-15)26-22-11-12-5-3-4-6-14(12)21/h3-9,11,15H,10H2,1-2H3,(H,23,27)(H2,24,25,26,28)/b22-11-/t15-/m0/s1. The molecule has 30 heavy (non-hydrogen) atoms. The van der Waals surface area contributed by atoms with E-state index in [2.05, 4.69) is 26.2 Å². The van der Waals surface area contributed by atoms with Gasteiger partial charge in [-0.2, -0.15) is 5.10 Å². The summed E-state index contributed by atoms with van der Waals surface area (Å²) >= 11 is 6.05. The molecule has 2 amide bonds. The number of carbonyl (C=O) groups excluding carboxylic acids is 2. The van der Waals surface area contributed by atoms with Crippen LogP contribution in [0.15, 0.2) is 52.6 Å². The lowest BCUT2D eigenvalue weighted by molar-refractivity contribution is -0.123. The second kappa shape index (κ2) is 9.75. The Bertz CT molecular complexity index is 1010. The molecule has 9 nitrogen and oxygen atoms in total. The Morgan fingerprint density at radius 1 is 1.23 bits per heavy atom. The second-order valence-corrected chi connectivity index (χ2v) is 6.60. The van der Waals surface area contributed by atoms with Gasteiger partial charge in [0.05, 0.1) is 26.9 Å². The molecule has 2 aromatic carbocycles. The summed E-state index contributed by atoms with van der Waals surface area (Å²) in [5.74, 6) is 0.421. The number of methoxy groups -OCH3 is 2. The lowest BCUT2D eigenvalue weighted by atomic mass is 10.2. The first kappa shape index (κ1) is 21.1. The van der Waals surface area contributed by atoms with Crippen molar-refractivity contribution in [2.45, 2.75) is 12.5 Å². The van der Waals surface area contributed by atoms with Crippen molar-refractivity contribution in [3.8, 4) is 11.5 Å². The average molecular weight is 430 g/mol. The van der Waals surface area contributed by atoms with Gasteiger partial charge < -0.3 is 14.8 Å². The van der Waals surface area contributed by atoms with Crippen molar-refractivity contribution in [3.63, 3.8) is 0 Å². The van der Waals surface area contributed by atoms with Crippen LogP contribution >= 0.6 is 11.6 Å². The number of nitrogens with zero attached hydrogens (tertiary/aromatic N) is 2. The number of guanidine groups is 1. The zero-order valence-electron chi connectivity index (χ0n) is 16.3. The van der Waals surface area contributed by atoms with Gasteiger partial charge >= 0.3 is 0 Å². The fraction of sp³-hybridized carbons (Fsp3) is 0.200. The minimum absolute atomic E-state index is 0.125. The van der Waals surface area contributed by atoms with Crippen molar-refractivity contribution in [1.29, 1.82) is 0 Å². The molecule has 0 unspecified atom stereocenters. The summed E-state index contributed by atoms with van der Waals surface area (Å²) < 4.78 is 10.4. The minimum atomic E-state index is -0.858. The topological polar surface area (TPSA) is 113 Å². The first-order valence-corrected chi connectivity index (χ1v) is 9.32. The lowest BCUT2D eigenvalue weighted by Gasteiger charge is -2.11. The van der Waals surface area contributed by atoms with Gasteiger partial charge in [0, 0.05) is 22.3 Å². The molecule has 0 fully saturated rings. The van der Waals surface area contributed by atoms with Crippen molar-refractivity contribution in [1.82, 2.24) is 10.7 Å². The molecule has 10 heteroatoms. The molecule has 1 atom stereocenters. The smallest absolute Gasteiger partial charge is 0.252 e. The number of carbonyl (C=O) groups is 2. The first-order chi connectivity index (χ1) is 14.5. The number of anilines is 1. The summed E-state index contributed by atoms with van der Waals surface area (Å²) in [5.41, 5.74) is 3.86. The van der Waals surface area contributed by atoms with E-state index in [0.29, 0.717) is 27.8 Å². The van der Waals surface area contributed by atoms with Crippen LogP contribution in [0.1, 0.15) is 12.0 Å². The zero-order chi connectivity index (χ0) is 21.5. The van der Waals surface area contributed by atoms with E-state index in [4.69, 9.17) is 21.1 Å². The van der Waals surface area contributed by atoms with E-state index < -0.39 is 11.9 Å². The van der Waals surface area contributed by atoms with Gasteiger partial charge in [0.2, 0.25) is 11.9 Å². The third-order valence-electron chi connectivity index (χ3n) is 4.15. The largest absolute Gasteiger partial charge is 0.493 e. The van der Waals surface area contributed by atoms with Crippen molar-refractivity contribution < 1.29 is 19.1 Å². The van der Waals surface area contributed by atoms with Crippen molar-refractivity contribution in [2.75, 3.05) is 19.5 Å². The van der Waals surface area contributed by atoms with Gasteiger partial charge in [-0.25, -0.2) is 10.4 Å². The number of aliphatic imine (C=N–C) groups is 1. The van der Waals surface area contributed by atoms with Gasteiger partial charge in [-0.05, 0) is 18.2 Å². The molecule has 1 heterocycles. The second-order valence-electron chi connectivity index (χ2n) is 6.20. The van der Waals surface area contributed by atoms with Crippen LogP contribution in [0.4, 0.5) is 5.69 Å². The normalized spacial score (nSPS) is 15.5. The van der Waals surface area contributed by atoms with Gasteiger partial charge in [0.25, 0.3) is 5.91 Å². The van der Waals surface area contributed by atoms with Crippen LogP contribution in [0.3, 0.4) is 0 Å². The van der Waals surface area contributed by atoms with Crippen LogP contribution in [0.2, 0.25) is 5.02 Å². The fourth-order valence-electron chi connectivity index (χ4n) is 2.69. The Balaban J connectivity index is 1.57. The van der Waals surface area contributed by atoms with E-state index >= 15 is 0 Å². The van der Waals surface area contributed by atoms with Gasteiger partial charge in [-0.15, -0.1) is 0 Å². The maximum Gasteiger partial charge on any atom is 0.252 e. The predicted octanol–water partition coefficient (Wildman–Crippen LogP) is 2.16. The molecular formula is C20H20ClN5O4. The molecule has 0 aromatic heterocycles. The fourth-order valence-corrected chi connectivity index (χ4v) is 2.87. The molecule has 0 saturated carbocycles. The van der Waals surface area contributed by atoms with Crippen LogP contribution in [-0.4, -0.2) is 44.2 Å². The van der Waals surface area contributed by atoms with Crippen LogP contribution in [0.25, 0.3) is 0 Å². The van der Waals surface area contributed by atoms with E-state index in [0.717, 1.165) is 0 Å². The van der Waals surface area contributed by atoms with Crippen LogP contribution < -0.4 is 25.5 Å². The molecule has 3 N–H and O–H groups in total. The highest BCUT2D eigenvalue weighted by atomic mass is 35.5. The molecular weight excluding hydrogens is 410 g/mol. The third-order valence-corrected chi connectivity index (χ3v) is 4.50. The van der Waals surface area contributed by atoms with Gasteiger partial charge in [-0.3, -0.25) is 14.9 Å². The highest BCUT2D eigenvalue weighted by Crippen LogP contribution is 2.29. The third kappa shape index (κ3) is 5.26. The Kier molecular flexibility index (Phi) is 6.87. The van der Waals surface area contributed by atoms with Crippen LogP contribution in [0.5, 0.6) is 11.5 Å². The molecule has 0 bridgehead atoms. The number of nitrogens with one attached hydrogen (secondary N) is 3. The zero-order valence-corrected chi connectivity index (χ0v) is 17.1. The summed E-state index contributed by atoms with van der Waals surface area (Å²) in [4.78, 5) is 28.6. The van der Waals surface area contributed by atoms with Crippen LogP contribution in [0, 0.1) is 0 Å². The molecule has 3 rings (SSSR count). The SMILES string of the molecule is COc1ccc(NC(=O)C[C@@H]2N=C(N/N=C\c3ccccc3Cl)NC2=O)cc1OC. The highest BCUT2D eigenvalue weighted by molar-refractivity contribution is 6.33. The van der Waals surface area contributed by atoms with E-state index in [1.807, 2.05) is 12.1 Å². The number of hydrogen-bond acceptors (Lipinski definition) is 7. The monoisotopic (exact) mass is 429 g/mol. The number of hydrazone groups is 1. The number of ether oxygens (including phenoxy) is 2. The summed E-state index contributed by atoms with van der Waals surface area (Å²) in [7, 11) is 3.03. The Morgan fingerprint density at radius 3 is 2.73 bits per heavy atom. The molecule has 0 spiro atoms. The molecule has 1 aliphatic rings. The summed E-state index contributed by atoms with van der Waals surface area (Å²) in [6.07, 6.45) is 1.38. The predicted molar refractivity (Wildman–Crippen MR) is 114 cm³/mol. The van der Waals surface area contributed by atoms with Gasteiger partial charge in [-0.1, -0.05) is 29.8 Å². The Morgan fingerprint density at radius 2 is 2.00 bits per heavy atom. The number of rotatable bonds is 7. The van der Waals surface area contributed by atoms with E-state index in [1.54, 1.807) is 30.3 Å². The van der Waals surface area contributed by atoms with Crippen LogP contribution in [-0.2, 0) is 9.59 Å². The number of benzene rings is 2. The van der Waals surface area contributed by atoms with E-state index in [-0.39, 0.29) is 18.3 Å². The van der Waals surface area contributed by atoms with Gasteiger partial charge in [0.15, 0.2) is 11.5 Å². The lowest BCUT2D eigenvalue weighted by Crippen LogP contribution is -2.35. The summed E-state index contributed by atoms with van der Waals surface area (Å²) in [6.45, 7) is 0.